The summed E-state index contributed by atoms with van der Waals surface area (Å²) in [7, 11) is 1.37. The van der Waals surface area contributed by atoms with E-state index < -0.39 is 0 Å². The van der Waals surface area contributed by atoms with Gasteiger partial charge in [-0.25, -0.2) is 4.79 Å². The number of methoxy groups -OCH3 is 1. The topological polar surface area (TPSA) is 26.3 Å². The van der Waals surface area contributed by atoms with Gasteiger partial charge in [-0.05, 0) is 40.8 Å². The zero-order valence-electron chi connectivity index (χ0n) is 6.41. The summed E-state index contributed by atoms with van der Waals surface area (Å²) in [6.07, 6.45) is 3.17. The minimum atomic E-state index is -0.321. The molecule has 1 rings (SSSR count). The lowest BCUT2D eigenvalue weighted by Crippen LogP contribution is -1.92. The minimum absolute atomic E-state index is 0.321. The van der Waals surface area contributed by atoms with Crippen molar-refractivity contribution in [2.75, 3.05) is 7.11 Å². The van der Waals surface area contributed by atoms with Gasteiger partial charge >= 0.3 is 5.97 Å². The summed E-state index contributed by atoms with van der Waals surface area (Å²) in [5.41, 5.74) is 0. The van der Waals surface area contributed by atoms with Crippen LogP contribution in [0.2, 0.25) is 0 Å². The Hall–Kier alpha value is -0.360. The molecule has 1 heterocycles. The van der Waals surface area contributed by atoms with Crippen LogP contribution in [0.15, 0.2) is 18.2 Å². The Labute approximate surface area is 88.4 Å². The molecule has 0 spiro atoms. The number of carbonyl (C=O) groups excluding carboxylic acids is 1. The van der Waals surface area contributed by atoms with Gasteiger partial charge in [0.1, 0.15) is 0 Å². The van der Waals surface area contributed by atoms with Crippen molar-refractivity contribution >= 4 is 46.0 Å². The van der Waals surface area contributed by atoms with Gasteiger partial charge in [-0.2, -0.15) is 0 Å². The summed E-state index contributed by atoms with van der Waals surface area (Å²) in [5, 5.41) is 0. The van der Waals surface area contributed by atoms with Crippen LogP contribution in [0.4, 0.5) is 0 Å². The second-order valence-electron chi connectivity index (χ2n) is 2.00. The van der Waals surface area contributed by atoms with Crippen molar-refractivity contribution in [3.63, 3.8) is 0 Å². The molecule has 0 aliphatic carbocycles. The van der Waals surface area contributed by atoms with Crippen LogP contribution < -0.4 is 0 Å². The Bertz CT molecular complexity index is 304. The van der Waals surface area contributed by atoms with Crippen LogP contribution in [-0.2, 0) is 9.53 Å². The van der Waals surface area contributed by atoms with Gasteiger partial charge in [-0.15, -0.1) is 11.3 Å². The molecule has 0 radical (unpaired) electrons. The van der Waals surface area contributed by atoms with Gasteiger partial charge < -0.3 is 4.74 Å². The first-order chi connectivity index (χ1) is 5.72. The van der Waals surface area contributed by atoms with Crippen LogP contribution in [-0.4, -0.2) is 13.1 Å². The van der Waals surface area contributed by atoms with Gasteiger partial charge in [-0.3, -0.25) is 0 Å². The fourth-order valence-corrected chi connectivity index (χ4v) is 2.21. The molecular weight excluding hydrogens is 287 g/mol. The average Bonchev–Trinajstić information content (AvgIpc) is 2.47. The van der Waals surface area contributed by atoms with Crippen molar-refractivity contribution in [2.45, 2.75) is 0 Å². The van der Waals surface area contributed by atoms with Gasteiger partial charge in [0.2, 0.25) is 0 Å². The lowest BCUT2D eigenvalue weighted by molar-refractivity contribution is -0.134. The van der Waals surface area contributed by atoms with Crippen molar-refractivity contribution < 1.29 is 9.53 Å². The van der Waals surface area contributed by atoms with Crippen molar-refractivity contribution in [3.8, 4) is 0 Å². The highest BCUT2D eigenvalue weighted by Crippen LogP contribution is 2.19. The molecule has 1 aromatic heterocycles. The number of hydrogen-bond donors (Lipinski definition) is 0. The first-order valence-electron chi connectivity index (χ1n) is 3.24. The van der Waals surface area contributed by atoms with Crippen LogP contribution in [0.3, 0.4) is 0 Å². The monoisotopic (exact) mass is 294 g/mol. The Morgan fingerprint density at radius 2 is 2.42 bits per heavy atom. The molecule has 0 N–H and O–H groups in total. The Morgan fingerprint density at radius 3 is 2.92 bits per heavy atom. The molecule has 0 saturated carbocycles. The number of rotatable bonds is 2. The van der Waals surface area contributed by atoms with E-state index in [9.17, 15) is 4.79 Å². The van der Waals surface area contributed by atoms with E-state index in [1.54, 1.807) is 17.4 Å². The van der Waals surface area contributed by atoms with Crippen LogP contribution in [0, 0.1) is 2.88 Å². The van der Waals surface area contributed by atoms with Gasteiger partial charge in [0.05, 0.1) is 9.99 Å². The van der Waals surface area contributed by atoms with Gasteiger partial charge in [0.25, 0.3) is 0 Å². The number of thiophene rings is 1. The Kier molecular flexibility index (Phi) is 3.74. The molecule has 1 aromatic rings. The first kappa shape index (κ1) is 9.73. The standard InChI is InChI=1S/C8H7IO2S/c1-11-8(10)5-3-6-2-4-7(9)12-6/h2-5H,1H3. The van der Waals surface area contributed by atoms with Gasteiger partial charge in [-0.1, -0.05) is 0 Å². The third kappa shape index (κ3) is 2.94. The van der Waals surface area contributed by atoms with Crippen molar-refractivity contribution in [3.05, 3.63) is 26.0 Å². The van der Waals surface area contributed by atoms with E-state index in [-0.39, 0.29) is 5.97 Å². The number of esters is 1. The third-order valence-corrected chi connectivity index (χ3v) is 3.04. The molecule has 0 aliphatic rings. The summed E-state index contributed by atoms with van der Waals surface area (Å²) in [6, 6.07) is 3.97. The molecule has 0 aromatic carbocycles. The highest BCUT2D eigenvalue weighted by molar-refractivity contribution is 14.1. The van der Waals surface area contributed by atoms with E-state index in [2.05, 4.69) is 27.3 Å². The lowest BCUT2D eigenvalue weighted by Gasteiger charge is -1.87. The van der Waals surface area contributed by atoms with Crippen molar-refractivity contribution in [1.29, 1.82) is 0 Å². The van der Waals surface area contributed by atoms with Gasteiger partial charge in [0.15, 0.2) is 0 Å². The highest BCUT2D eigenvalue weighted by Gasteiger charge is 1.94. The van der Waals surface area contributed by atoms with E-state index in [0.717, 1.165) is 4.88 Å². The molecule has 0 atom stereocenters. The lowest BCUT2D eigenvalue weighted by atomic mass is 10.4. The predicted octanol–water partition coefficient (Wildman–Crippen LogP) is 2.54. The zero-order chi connectivity index (χ0) is 8.97. The average molecular weight is 294 g/mol. The fourth-order valence-electron chi connectivity index (χ4n) is 0.636. The van der Waals surface area contributed by atoms with Crippen LogP contribution in [0.5, 0.6) is 0 Å². The van der Waals surface area contributed by atoms with E-state index in [1.165, 1.54) is 16.1 Å². The molecule has 0 saturated heterocycles. The van der Waals surface area contributed by atoms with Crippen LogP contribution in [0.1, 0.15) is 4.88 Å². The minimum Gasteiger partial charge on any atom is -0.466 e. The molecule has 0 bridgehead atoms. The maximum Gasteiger partial charge on any atom is 0.330 e. The van der Waals surface area contributed by atoms with Crippen LogP contribution >= 0.6 is 33.9 Å². The predicted molar refractivity (Wildman–Crippen MR) is 58.1 cm³/mol. The summed E-state index contributed by atoms with van der Waals surface area (Å²) < 4.78 is 5.66. The molecule has 0 amide bonds. The Balaban J connectivity index is 2.63. The number of hydrogen-bond acceptors (Lipinski definition) is 3. The molecule has 12 heavy (non-hydrogen) atoms. The molecule has 64 valence electrons. The Morgan fingerprint density at radius 1 is 1.67 bits per heavy atom. The van der Waals surface area contributed by atoms with E-state index >= 15 is 0 Å². The molecular formula is C8H7IO2S. The molecule has 4 heteroatoms. The largest absolute Gasteiger partial charge is 0.466 e. The molecule has 0 fully saturated rings. The SMILES string of the molecule is COC(=O)C=Cc1ccc(I)s1. The summed E-state index contributed by atoms with van der Waals surface area (Å²) >= 11 is 3.87. The highest BCUT2D eigenvalue weighted by atomic mass is 127. The van der Waals surface area contributed by atoms with Crippen LogP contribution in [0.25, 0.3) is 6.08 Å². The number of carbonyl (C=O) groups is 1. The van der Waals surface area contributed by atoms with E-state index in [1.807, 2.05) is 12.1 Å². The third-order valence-electron chi connectivity index (χ3n) is 1.18. The molecule has 0 aliphatic heterocycles. The van der Waals surface area contributed by atoms with Crippen molar-refractivity contribution in [1.82, 2.24) is 0 Å². The molecule has 0 unspecified atom stereocenters. The first-order valence-corrected chi connectivity index (χ1v) is 5.13. The smallest absolute Gasteiger partial charge is 0.330 e. The number of halogens is 1. The number of ether oxygens (including phenoxy) is 1. The molecule has 2 nitrogen and oxygen atoms in total. The maximum absolute atomic E-state index is 10.7. The van der Waals surface area contributed by atoms with E-state index in [0.29, 0.717) is 0 Å². The summed E-state index contributed by atoms with van der Waals surface area (Å²) in [5.74, 6) is -0.321. The zero-order valence-corrected chi connectivity index (χ0v) is 9.39. The van der Waals surface area contributed by atoms with Gasteiger partial charge in [0, 0.05) is 11.0 Å². The quantitative estimate of drug-likeness (QED) is 0.476. The van der Waals surface area contributed by atoms with E-state index in [4.69, 9.17) is 0 Å². The summed E-state index contributed by atoms with van der Waals surface area (Å²) in [4.78, 5) is 11.7. The van der Waals surface area contributed by atoms with Crippen molar-refractivity contribution in [2.24, 2.45) is 0 Å². The fraction of sp³-hybridized carbons (Fsp3) is 0.125. The normalized spacial score (nSPS) is 10.5. The summed E-state index contributed by atoms with van der Waals surface area (Å²) in [6.45, 7) is 0. The maximum atomic E-state index is 10.7. The second kappa shape index (κ2) is 4.61. The second-order valence-corrected chi connectivity index (χ2v) is 5.01.